The van der Waals surface area contributed by atoms with Crippen LogP contribution in [0.3, 0.4) is 0 Å². The molecule has 0 fully saturated rings. The SMILES string of the molecule is COC(=O)Cc1nc2sc3c(c2c(=O)n1Cc1ccccc1)CC[C@@H](C(C)(C)C)C3. The number of benzene rings is 1. The van der Waals surface area contributed by atoms with E-state index in [-0.39, 0.29) is 17.4 Å². The Balaban J connectivity index is 1.84. The van der Waals surface area contributed by atoms with Crippen molar-refractivity contribution in [3.63, 3.8) is 0 Å². The standard InChI is InChI=1S/C24H28N2O3S/c1-24(2,3)16-10-11-17-18(12-16)30-22-21(17)23(28)26(14-15-8-6-5-7-9-15)19(25-22)13-20(27)29-4/h5-9,16H,10-14H2,1-4H3/t16-/m1/s1. The molecule has 5 nitrogen and oxygen atoms in total. The highest BCUT2D eigenvalue weighted by atomic mass is 32.1. The molecule has 0 saturated heterocycles. The van der Waals surface area contributed by atoms with Gasteiger partial charge < -0.3 is 4.74 Å². The first-order chi connectivity index (χ1) is 14.3. The van der Waals surface area contributed by atoms with Crippen LogP contribution in [0.15, 0.2) is 35.1 Å². The van der Waals surface area contributed by atoms with Crippen molar-refractivity contribution in [2.75, 3.05) is 7.11 Å². The smallest absolute Gasteiger partial charge is 0.313 e. The second-order valence-corrected chi connectivity index (χ2v) is 10.2. The highest BCUT2D eigenvalue weighted by molar-refractivity contribution is 7.18. The highest BCUT2D eigenvalue weighted by Gasteiger charge is 2.32. The lowest BCUT2D eigenvalue weighted by molar-refractivity contribution is -0.140. The molecule has 0 saturated carbocycles. The average Bonchev–Trinajstić information content (AvgIpc) is 3.08. The van der Waals surface area contributed by atoms with Gasteiger partial charge in [-0.25, -0.2) is 4.98 Å². The molecule has 1 atom stereocenters. The van der Waals surface area contributed by atoms with Crippen LogP contribution < -0.4 is 5.56 Å². The van der Waals surface area contributed by atoms with Crippen LogP contribution in [0.4, 0.5) is 0 Å². The van der Waals surface area contributed by atoms with Crippen molar-refractivity contribution < 1.29 is 9.53 Å². The quantitative estimate of drug-likeness (QED) is 0.584. The predicted molar refractivity (Wildman–Crippen MR) is 120 cm³/mol. The van der Waals surface area contributed by atoms with Crippen molar-refractivity contribution in [3.05, 3.63) is 62.5 Å². The van der Waals surface area contributed by atoms with E-state index in [0.29, 0.717) is 18.3 Å². The number of nitrogens with zero attached hydrogens (tertiary/aromatic N) is 2. The molecule has 0 N–H and O–H groups in total. The second-order valence-electron chi connectivity index (χ2n) is 9.15. The zero-order chi connectivity index (χ0) is 21.5. The number of aromatic nitrogens is 2. The molecular weight excluding hydrogens is 396 g/mol. The van der Waals surface area contributed by atoms with Gasteiger partial charge in [-0.05, 0) is 41.7 Å². The molecule has 1 aliphatic rings. The molecule has 0 amide bonds. The van der Waals surface area contributed by atoms with Crippen molar-refractivity contribution in [3.8, 4) is 0 Å². The van der Waals surface area contributed by atoms with E-state index in [1.165, 1.54) is 17.6 Å². The Hall–Kier alpha value is -2.47. The van der Waals surface area contributed by atoms with Crippen molar-refractivity contribution in [2.24, 2.45) is 11.3 Å². The van der Waals surface area contributed by atoms with Gasteiger partial charge in [0, 0.05) is 4.88 Å². The lowest BCUT2D eigenvalue weighted by atomic mass is 9.72. The predicted octanol–water partition coefficient (Wildman–Crippen LogP) is 4.37. The van der Waals surface area contributed by atoms with Crippen LogP contribution in [0.25, 0.3) is 10.2 Å². The Morgan fingerprint density at radius 3 is 2.67 bits per heavy atom. The minimum Gasteiger partial charge on any atom is -0.469 e. The maximum atomic E-state index is 13.6. The molecule has 0 spiro atoms. The number of rotatable bonds is 4. The molecule has 1 aromatic carbocycles. The summed E-state index contributed by atoms with van der Waals surface area (Å²) in [5.41, 5.74) is 2.36. The lowest BCUT2D eigenvalue weighted by Gasteiger charge is -2.33. The van der Waals surface area contributed by atoms with Crippen molar-refractivity contribution >= 4 is 27.5 Å². The number of aryl methyl sites for hydroxylation is 1. The van der Waals surface area contributed by atoms with Crippen LogP contribution in [0.1, 0.15) is 49.0 Å². The molecule has 0 unspecified atom stereocenters. The molecule has 158 valence electrons. The van der Waals surface area contributed by atoms with Gasteiger partial charge in [0.25, 0.3) is 5.56 Å². The van der Waals surface area contributed by atoms with Crippen LogP contribution in [-0.4, -0.2) is 22.6 Å². The van der Waals surface area contributed by atoms with Crippen LogP contribution in [0.2, 0.25) is 0 Å². The number of hydrogen-bond donors (Lipinski definition) is 0. The Bertz CT molecular complexity index is 1140. The maximum Gasteiger partial charge on any atom is 0.313 e. The first kappa shape index (κ1) is 20.8. The first-order valence-corrected chi connectivity index (χ1v) is 11.2. The van der Waals surface area contributed by atoms with E-state index in [4.69, 9.17) is 9.72 Å². The van der Waals surface area contributed by atoms with Crippen molar-refractivity contribution in [1.29, 1.82) is 0 Å². The summed E-state index contributed by atoms with van der Waals surface area (Å²) < 4.78 is 6.50. The summed E-state index contributed by atoms with van der Waals surface area (Å²) in [7, 11) is 1.36. The third kappa shape index (κ3) is 3.93. The van der Waals surface area contributed by atoms with Crippen LogP contribution in [0, 0.1) is 11.3 Å². The molecule has 1 aliphatic carbocycles. The monoisotopic (exact) mass is 424 g/mol. The number of ether oxygens (including phenoxy) is 1. The Labute approximate surface area is 180 Å². The largest absolute Gasteiger partial charge is 0.469 e. The van der Waals surface area contributed by atoms with Gasteiger partial charge in [0.1, 0.15) is 17.1 Å². The summed E-state index contributed by atoms with van der Waals surface area (Å²) in [5.74, 6) is 0.672. The number of hydrogen-bond acceptors (Lipinski definition) is 5. The summed E-state index contributed by atoms with van der Waals surface area (Å²) >= 11 is 1.62. The topological polar surface area (TPSA) is 61.2 Å². The molecule has 2 aromatic heterocycles. The minimum absolute atomic E-state index is 0.0122. The molecule has 30 heavy (non-hydrogen) atoms. The third-order valence-electron chi connectivity index (χ3n) is 6.19. The van der Waals surface area contributed by atoms with Crippen LogP contribution >= 0.6 is 11.3 Å². The minimum atomic E-state index is -0.392. The molecule has 0 bridgehead atoms. The number of thiophene rings is 1. The average molecular weight is 425 g/mol. The molecular formula is C24H28N2O3S. The zero-order valence-electron chi connectivity index (χ0n) is 18.0. The molecule has 0 aliphatic heterocycles. The number of carbonyl (C=O) groups excluding carboxylic acids is 1. The van der Waals surface area contributed by atoms with Gasteiger partial charge in [-0.1, -0.05) is 51.1 Å². The lowest BCUT2D eigenvalue weighted by Crippen LogP contribution is -2.29. The fraction of sp³-hybridized carbons (Fsp3) is 0.458. The summed E-state index contributed by atoms with van der Waals surface area (Å²) in [4.78, 5) is 32.4. The Morgan fingerprint density at radius 1 is 1.27 bits per heavy atom. The van der Waals surface area contributed by atoms with Gasteiger partial charge in [0.05, 0.1) is 19.0 Å². The number of esters is 1. The number of carbonyl (C=O) groups is 1. The van der Waals surface area contributed by atoms with Crippen molar-refractivity contribution in [1.82, 2.24) is 9.55 Å². The van der Waals surface area contributed by atoms with Gasteiger partial charge in [0.2, 0.25) is 0 Å². The summed E-state index contributed by atoms with van der Waals surface area (Å²) in [6.45, 7) is 7.25. The van der Waals surface area contributed by atoms with Gasteiger partial charge in [-0.3, -0.25) is 14.2 Å². The van der Waals surface area contributed by atoms with E-state index in [1.807, 2.05) is 30.3 Å². The molecule has 0 radical (unpaired) electrons. The van der Waals surface area contributed by atoms with E-state index in [9.17, 15) is 9.59 Å². The van der Waals surface area contributed by atoms with Gasteiger partial charge in [-0.2, -0.15) is 0 Å². The normalized spacial score (nSPS) is 16.5. The van der Waals surface area contributed by atoms with Gasteiger partial charge in [0.15, 0.2) is 0 Å². The van der Waals surface area contributed by atoms with Crippen LogP contribution in [0.5, 0.6) is 0 Å². The molecule has 4 rings (SSSR count). The van der Waals surface area contributed by atoms with E-state index in [1.54, 1.807) is 15.9 Å². The summed E-state index contributed by atoms with van der Waals surface area (Å²) in [6, 6.07) is 9.81. The third-order valence-corrected chi connectivity index (χ3v) is 7.33. The highest BCUT2D eigenvalue weighted by Crippen LogP contribution is 2.42. The van der Waals surface area contributed by atoms with E-state index >= 15 is 0 Å². The summed E-state index contributed by atoms with van der Waals surface area (Å²) in [5, 5.41) is 0.743. The van der Waals surface area contributed by atoms with Crippen molar-refractivity contribution in [2.45, 2.75) is 53.0 Å². The van der Waals surface area contributed by atoms with Crippen LogP contribution in [-0.2, 0) is 35.3 Å². The van der Waals surface area contributed by atoms with E-state index in [2.05, 4.69) is 20.8 Å². The second kappa shape index (κ2) is 7.99. The zero-order valence-corrected chi connectivity index (χ0v) is 18.8. The Morgan fingerprint density at radius 2 is 2.00 bits per heavy atom. The summed E-state index contributed by atoms with van der Waals surface area (Å²) in [6.07, 6.45) is 2.98. The van der Waals surface area contributed by atoms with E-state index in [0.717, 1.165) is 35.0 Å². The maximum absolute atomic E-state index is 13.6. The molecule has 3 aromatic rings. The number of methoxy groups -OCH3 is 1. The van der Waals surface area contributed by atoms with Gasteiger partial charge >= 0.3 is 5.97 Å². The fourth-order valence-electron chi connectivity index (χ4n) is 4.31. The molecule has 2 heterocycles. The van der Waals surface area contributed by atoms with E-state index < -0.39 is 5.97 Å². The molecule has 6 heteroatoms. The first-order valence-electron chi connectivity index (χ1n) is 10.4. The number of fused-ring (bicyclic) bond motifs is 3. The Kier molecular flexibility index (Phi) is 5.53. The van der Waals surface area contributed by atoms with Gasteiger partial charge in [-0.15, -0.1) is 11.3 Å². The fourth-order valence-corrected chi connectivity index (χ4v) is 5.61.